The molecule has 0 saturated heterocycles. The number of hydrogen-bond acceptors (Lipinski definition) is 7. The first-order chi connectivity index (χ1) is 9.67. The Morgan fingerprint density at radius 3 is 3.00 bits per heavy atom. The summed E-state index contributed by atoms with van der Waals surface area (Å²) < 4.78 is 0.912. The number of fused-ring (bicyclic) bond motifs is 1. The highest BCUT2D eigenvalue weighted by molar-refractivity contribution is 7.17. The Bertz CT molecular complexity index is 638. The third-order valence-corrected chi connectivity index (χ3v) is 4.01. The average molecular weight is 292 g/mol. The van der Waals surface area contributed by atoms with Crippen LogP contribution in [0.5, 0.6) is 0 Å². The summed E-state index contributed by atoms with van der Waals surface area (Å²) in [6, 6.07) is 1.88. The number of rotatable bonds is 5. The average Bonchev–Trinajstić information content (AvgIpc) is 3.12. The lowest BCUT2D eigenvalue weighted by molar-refractivity contribution is -0.121. The molecule has 8 heteroatoms. The number of thiophene rings is 1. The fourth-order valence-corrected chi connectivity index (χ4v) is 2.63. The van der Waals surface area contributed by atoms with Gasteiger partial charge in [0.2, 0.25) is 11.9 Å². The van der Waals surface area contributed by atoms with Crippen LogP contribution < -0.4 is 21.9 Å². The molecule has 7 nitrogen and oxygen atoms in total. The number of carbonyl (C=O) groups is 1. The molecule has 3 rings (SSSR count). The van der Waals surface area contributed by atoms with Crippen LogP contribution in [-0.4, -0.2) is 28.0 Å². The molecule has 1 saturated carbocycles. The molecule has 106 valence electrons. The number of hydrazine groups is 1. The summed E-state index contributed by atoms with van der Waals surface area (Å²) in [5.74, 6) is 6.30. The highest BCUT2D eigenvalue weighted by Gasteiger charge is 2.26. The molecule has 2 aromatic heterocycles. The number of nitrogen functional groups attached to an aromatic ring is 1. The van der Waals surface area contributed by atoms with Crippen molar-refractivity contribution in [2.45, 2.75) is 31.8 Å². The van der Waals surface area contributed by atoms with Crippen molar-refractivity contribution in [3.8, 4) is 0 Å². The molecule has 0 bridgehead atoms. The van der Waals surface area contributed by atoms with Gasteiger partial charge in [-0.1, -0.05) is 0 Å². The molecule has 2 aromatic rings. The smallest absolute Gasteiger partial charge is 0.242 e. The number of nitrogens with two attached hydrogens (primary N) is 1. The summed E-state index contributed by atoms with van der Waals surface area (Å²) in [5, 5.41) is 8.02. The standard InChI is InChI=1S/C12H16N6OS/c1-6(11(19)15-7-2-3-7)14-10-9-8(4-5-20-9)16-12(17-10)18-13/h4-7H,2-3,13H2,1H3,(H,15,19)(H2,14,16,17,18). The minimum atomic E-state index is -0.360. The van der Waals surface area contributed by atoms with E-state index in [0.717, 1.165) is 23.1 Å². The molecule has 0 aliphatic heterocycles. The predicted octanol–water partition coefficient (Wildman–Crippen LogP) is 1.06. The van der Waals surface area contributed by atoms with Crippen molar-refractivity contribution in [2.24, 2.45) is 5.84 Å². The molecule has 1 amide bonds. The highest BCUT2D eigenvalue weighted by Crippen LogP contribution is 2.27. The van der Waals surface area contributed by atoms with Crippen molar-refractivity contribution in [2.75, 3.05) is 10.7 Å². The molecule has 0 aromatic carbocycles. The van der Waals surface area contributed by atoms with Gasteiger partial charge in [-0.3, -0.25) is 10.2 Å². The Hall–Kier alpha value is -1.93. The maximum Gasteiger partial charge on any atom is 0.242 e. The molecule has 5 N–H and O–H groups in total. The van der Waals surface area contributed by atoms with E-state index in [2.05, 4.69) is 26.0 Å². The van der Waals surface area contributed by atoms with Crippen LogP contribution in [0.2, 0.25) is 0 Å². The molecule has 1 aliphatic carbocycles. The van der Waals surface area contributed by atoms with Crippen LogP contribution >= 0.6 is 11.3 Å². The second-order valence-electron chi connectivity index (χ2n) is 4.82. The molecule has 0 radical (unpaired) electrons. The van der Waals surface area contributed by atoms with Crippen molar-refractivity contribution >= 4 is 39.2 Å². The Morgan fingerprint density at radius 1 is 1.50 bits per heavy atom. The van der Waals surface area contributed by atoms with Gasteiger partial charge in [0.25, 0.3) is 0 Å². The lowest BCUT2D eigenvalue weighted by atomic mass is 10.3. The molecule has 1 fully saturated rings. The second kappa shape index (κ2) is 5.22. The van der Waals surface area contributed by atoms with Crippen molar-refractivity contribution in [1.29, 1.82) is 0 Å². The van der Waals surface area contributed by atoms with Crippen LogP contribution in [0.15, 0.2) is 11.4 Å². The Morgan fingerprint density at radius 2 is 2.30 bits per heavy atom. The summed E-state index contributed by atoms with van der Waals surface area (Å²) in [4.78, 5) is 20.5. The maximum atomic E-state index is 12.0. The summed E-state index contributed by atoms with van der Waals surface area (Å²) in [6.07, 6.45) is 2.14. The van der Waals surface area contributed by atoms with E-state index in [-0.39, 0.29) is 11.9 Å². The number of nitrogens with one attached hydrogen (secondary N) is 3. The molecule has 20 heavy (non-hydrogen) atoms. The van der Waals surface area contributed by atoms with E-state index in [1.807, 2.05) is 18.4 Å². The topological polar surface area (TPSA) is 105 Å². The zero-order chi connectivity index (χ0) is 14.1. The largest absolute Gasteiger partial charge is 0.357 e. The van der Waals surface area contributed by atoms with E-state index in [9.17, 15) is 4.79 Å². The van der Waals surface area contributed by atoms with E-state index in [1.54, 1.807) is 0 Å². The summed E-state index contributed by atoms with van der Waals surface area (Å²) in [5.41, 5.74) is 3.24. The van der Waals surface area contributed by atoms with Gasteiger partial charge in [-0.25, -0.2) is 10.8 Å². The number of hydrogen-bond donors (Lipinski definition) is 4. The number of anilines is 2. The molecular formula is C12H16N6OS. The van der Waals surface area contributed by atoms with Crippen molar-refractivity contribution in [1.82, 2.24) is 15.3 Å². The van der Waals surface area contributed by atoms with Crippen LogP contribution in [0, 0.1) is 0 Å². The van der Waals surface area contributed by atoms with Gasteiger partial charge < -0.3 is 10.6 Å². The van der Waals surface area contributed by atoms with Crippen molar-refractivity contribution in [3.05, 3.63) is 11.4 Å². The van der Waals surface area contributed by atoms with Gasteiger partial charge in [0.05, 0.1) is 10.2 Å². The summed E-state index contributed by atoms with van der Waals surface area (Å²) in [6.45, 7) is 1.81. The third kappa shape index (κ3) is 2.66. The Balaban J connectivity index is 1.81. The van der Waals surface area contributed by atoms with Gasteiger partial charge in [0.15, 0.2) is 0 Å². The fourth-order valence-electron chi connectivity index (χ4n) is 1.85. The van der Waals surface area contributed by atoms with E-state index >= 15 is 0 Å². The lowest BCUT2D eigenvalue weighted by Crippen LogP contribution is -2.38. The third-order valence-electron chi connectivity index (χ3n) is 3.10. The van der Waals surface area contributed by atoms with Gasteiger partial charge in [0, 0.05) is 6.04 Å². The second-order valence-corrected chi connectivity index (χ2v) is 5.74. The zero-order valence-corrected chi connectivity index (χ0v) is 11.8. The van der Waals surface area contributed by atoms with E-state index < -0.39 is 0 Å². The predicted molar refractivity (Wildman–Crippen MR) is 79.5 cm³/mol. The molecule has 1 aliphatic rings. The summed E-state index contributed by atoms with van der Waals surface area (Å²) >= 11 is 1.53. The van der Waals surface area contributed by atoms with E-state index in [0.29, 0.717) is 17.8 Å². The van der Waals surface area contributed by atoms with Gasteiger partial charge in [-0.15, -0.1) is 11.3 Å². The van der Waals surface area contributed by atoms with E-state index in [4.69, 9.17) is 5.84 Å². The number of amides is 1. The van der Waals surface area contributed by atoms with Gasteiger partial charge in [0.1, 0.15) is 11.9 Å². The SMILES string of the molecule is CC(Nc1nc(NN)nc2ccsc12)C(=O)NC1CC1. The molecule has 0 spiro atoms. The molecular weight excluding hydrogens is 276 g/mol. The normalized spacial score (nSPS) is 15.9. The van der Waals surface area contributed by atoms with Crippen LogP contribution in [0.25, 0.3) is 10.2 Å². The monoisotopic (exact) mass is 292 g/mol. The van der Waals surface area contributed by atoms with Crippen LogP contribution in [-0.2, 0) is 4.79 Å². The first-order valence-electron chi connectivity index (χ1n) is 6.46. The van der Waals surface area contributed by atoms with Crippen LogP contribution in [0.3, 0.4) is 0 Å². The van der Waals surface area contributed by atoms with Crippen molar-refractivity contribution in [3.63, 3.8) is 0 Å². The number of aromatic nitrogens is 2. The molecule has 1 unspecified atom stereocenters. The van der Waals surface area contributed by atoms with Crippen molar-refractivity contribution < 1.29 is 4.79 Å². The lowest BCUT2D eigenvalue weighted by Gasteiger charge is -2.15. The molecule has 2 heterocycles. The van der Waals surface area contributed by atoms with Crippen LogP contribution in [0.4, 0.5) is 11.8 Å². The minimum absolute atomic E-state index is 0.0157. The van der Waals surface area contributed by atoms with Crippen LogP contribution in [0.1, 0.15) is 19.8 Å². The quantitative estimate of drug-likeness (QED) is 0.485. The minimum Gasteiger partial charge on any atom is -0.357 e. The zero-order valence-electron chi connectivity index (χ0n) is 11.0. The summed E-state index contributed by atoms with van der Waals surface area (Å²) in [7, 11) is 0. The first kappa shape index (κ1) is 13.1. The van der Waals surface area contributed by atoms with Gasteiger partial charge in [-0.05, 0) is 31.2 Å². The van der Waals surface area contributed by atoms with Gasteiger partial charge in [-0.2, -0.15) is 4.98 Å². The number of nitrogens with zero attached hydrogens (tertiary/aromatic N) is 2. The fraction of sp³-hybridized carbons (Fsp3) is 0.417. The maximum absolute atomic E-state index is 12.0. The first-order valence-corrected chi connectivity index (χ1v) is 7.34. The Labute approximate surface area is 119 Å². The van der Waals surface area contributed by atoms with Gasteiger partial charge >= 0.3 is 0 Å². The molecule has 1 atom stereocenters. The van der Waals surface area contributed by atoms with E-state index in [1.165, 1.54) is 11.3 Å². The highest BCUT2D eigenvalue weighted by atomic mass is 32.1. The number of carbonyl (C=O) groups excluding carboxylic acids is 1. The Kier molecular flexibility index (Phi) is 3.41.